The number of amides is 1. The average Bonchev–Trinajstić information content (AvgIpc) is 3.38. The van der Waals surface area contributed by atoms with Crippen LogP contribution in [0.25, 0.3) is 10.2 Å². The second-order valence-electron chi connectivity index (χ2n) is 9.51. The number of rotatable bonds is 11. The van der Waals surface area contributed by atoms with Crippen molar-refractivity contribution in [3.8, 4) is 5.75 Å². The monoisotopic (exact) mass is 594 g/mol. The molecule has 214 valence electrons. The lowest BCUT2D eigenvalue weighted by molar-refractivity contribution is 0.0983. The Morgan fingerprint density at radius 3 is 2.44 bits per heavy atom. The fourth-order valence-electron chi connectivity index (χ4n) is 4.96. The number of sulfonamides is 1. The molecule has 2 aromatic carbocycles. The second-order valence-corrected chi connectivity index (χ2v) is 12.4. The minimum atomic E-state index is -3.61. The first-order valence-corrected chi connectivity index (χ1v) is 15.7. The largest absolute Gasteiger partial charge is 0.497 e. The van der Waals surface area contributed by atoms with Crippen LogP contribution in [0.2, 0.25) is 0 Å². The van der Waals surface area contributed by atoms with Crippen molar-refractivity contribution < 1.29 is 17.9 Å². The summed E-state index contributed by atoms with van der Waals surface area (Å²) in [4.78, 5) is 22.7. The van der Waals surface area contributed by atoms with Crippen molar-refractivity contribution >= 4 is 55.0 Å². The molecule has 0 spiro atoms. The van der Waals surface area contributed by atoms with E-state index in [1.54, 1.807) is 40.6 Å². The predicted octanol–water partition coefficient (Wildman–Crippen LogP) is 5.67. The number of aromatic nitrogens is 1. The molecule has 0 radical (unpaired) electrons. The Morgan fingerprint density at radius 2 is 1.79 bits per heavy atom. The van der Waals surface area contributed by atoms with Crippen LogP contribution in [0.3, 0.4) is 0 Å². The van der Waals surface area contributed by atoms with Gasteiger partial charge >= 0.3 is 0 Å². The van der Waals surface area contributed by atoms with Crippen LogP contribution in [0.1, 0.15) is 56.8 Å². The number of methoxy groups -OCH3 is 1. The summed E-state index contributed by atoms with van der Waals surface area (Å²) in [6.45, 7) is 9.73. The molecule has 1 atom stereocenters. The average molecular weight is 595 g/mol. The number of fused-ring (bicyclic) bond motifs is 1. The summed E-state index contributed by atoms with van der Waals surface area (Å²) >= 11 is 1.45. The molecule has 1 aliphatic rings. The highest BCUT2D eigenvalue weighted by Crippen LogP contribution is 2.33. The number of nitrogens with zero attached hydrogens (tertiary/aromatic N) is 4. The summed E-state index contributed by atoms with van der Waals surface area (Å²) in [5.74, 6) is 0.543. The van der Waals surface area contributed by atoms with Crippen LogP contribution >= 0.6 is 23.7 Å². The van der Waals surface area contributed by atoms with E-state index in [9.17, 15) is 13.2 Å². The Balaban J connectivity index is 0.00000420. The normalized spacial score (nSPS) is 16.3. The molecule has 0 N–H and O–H groups in total. The van der Waals surface area contributed by atoms with Crippen molar-refractivity contribution in [1.82, 2.24) is 14.2 Å². The number of thiazole rings is 1. The molecule has 2 heterocycles. The smallest absolute Gasteiger partial charge is 0.260 e. The molecular formula is C28H39ClN4O4S2. The summed E-state index contributed by atoms with van der Waals surface area (Å²) in [5.41, 5.74) is 1.24. The van der Waals surface area contributed by atoms with Crippen LogP contribution in [0.5, 0.6) is 5.75 Å². The molecule has 1 fully saturated rings. The highest BCUT2D eigenvalue weighted by atomic mass is 35.5. The van der Waals surface area contributed by atoms with E-state index in [1.807, 2.05) is 25.1 Å². The Morgan fingerprint density at radius 1 is 1.08 bits per heavy atom. The fraction of sp³-hybridized carbons (Fsp3) is 0.500. The summed E-state index contributed by atoms with van der Waals surface area (Å²) in [5, 5.41) is 0.612. The summed E-state index contributed by atoms with van der Waals surface area (Å²) in [6, 6.07) is 12.1. The van der Waals surface area contributed by atoms with Gasteiger partial charge in [0.25, 0.3) is 5.91 Å². The highest BCUT2D eigenvalue weighted by Gasteiger charge is 2.32. The van der Waals surface area contributed by atoms with Crippen molar-refractivity contribution in [1.29, 1.82) is 0 Å². The van der Waals surface area contributed by atoms with E-state index < -0.39 is 10.0 Å². The second kappa shape index (κ2) is 13.9. The van der Waals surface area contributed by atoms with E-state index in [2.05, 4.69) is 18.7 Å². The van der Waals surface area contributed by atoms with Gasteiger partial charge in [-0.15, -0.1) is 12.4 Å². The topological polar surface area (TPSA) is 83.1 Å². The molecular weight excluding hydrogens is 556 g/mol. The van der Waals surface area contributed by atoms with Gasteiger partial charge in [-0.05, 0) is 74.8 Å². The van der Waals surface area contributed by atoms with Gasteiger partial charge in [-0.2, -0.15) is 4.31 Å². The third-order valence-electron chi connectivity index (χ3n) is 7.35. The lowest BCUT2D eigenvalue weighted by atomic mass is 10.0. The lowest BCUT2D eigenvalue weighted by Gasteiger charge is -2.34. The van der Waals surface area contributed by atoms with Gasteiger partial charge in [0.1, 0.15) is 5.75 Å². The van der Waals surface area contributed by atoms with Gasteiger partial charge in [0.2, 0.25) is 10.0 Å². The summed E-state index contributed by atoms with van der Waals surface area (Å²) in [7, 11) is -1.99. The van der Waals surface area contributed by atoms with Crippen molar-refractivity contribution in [2.75, 3.05) is 44.7 Å². The third-order valence-corrected chi connectivity index (χ3v) is 10.4. The number of hydrogen-bond donors (Lipinski definition) is 0. The Labute approximate surface area is 242 Å². The Bertz CT molecular complexity index is 1340. The number of piperidine rings is 1. The molecule has 1 aromatic heterocycles. The van der Waals surface area contributed by atoms with Gasteiger partial charge in [0.15, 0.2) is 5.13 Å². The molecule has 1 aliphatic heterocycles. The number of likely N-dealkylation sites (N-methyl/N-ethyl adjacent to an activating group) is 1. The maximum Gasteiger partial charge on any atom is 0.260 e. The minimum absolute atomic E-state index is 0. The maximum atomic E-state index is 13.8. The number of hydrogen-bond acceptors (Lipinski definition) is 7. The molecule has 1 unspecified atom stereocenters. The number of anilines is 1. The first-order chi connectivity index (χ1) is 18.3. The number of carbonyl (C=O) groups excluding carboxylic acids is 1. The lowest BCUT2D eigenvalue weighted by Crippen LogP contribution is -2.43. The van der Waals surface area contributed by atoms with Gasteiger partial charge in [-0.1, -0.05) is 38.5 Å². The number of carbonyl (C=O) groups is 1. The molecule has 8 nitrogen and oxygen atoms in total. The third kappa shape index (κ3) is 6.92. The maximum absolute atomic E-state index is 13.8. The quantitative estimate of drug-likeness (QED) is 0.284. The molecule has 39 heavy (non-hydrogen) atoms. The van der Waals surface area contributed by atoms with Crippen molar-refractivity contribution in [2.45, 2.75) is 57.4 Å². The highest BCUT2D eigenvalue weighted by molar-refractivity contribution is 7.89. The SMILES string of the molecule is CCC1CCCCN1S(=O)(=O)c1ccc(C(=O)N(CCN(CC)CC)c2nc3ccc(OC)cc3s2)cc1.Cl. The van der Waals surface area contributed by atoms with E-state index in [4.69, 9.17) is 9.72 Å². The van der Waals surface area contributed by atoms with Crippen molar-refractivity contribution in [2.24, 2.45) is 0 Å². The molecule has 1 saturated heterocycles. The zero-order chi connectivity index (χ0) is 27.3. The number of ether oxygens (including phenoxy) is 1. The molecule has 3 aromatic rings. The van der Waals surface area contributed by atoms with Crippen LogP contribution in [-0.2, 0) is 10.0 Å². The first-order valence-electron chi connectivity index (χ1n) is 13.4. The van der Waals surface area contributed by atoms with Crippen LogP contribution < -0.4 is 9.64 Å². The Kier molecular flexibility index (Phi) is 11.1. The van der Waals surface area contributed by atoms with Crippen LogP contribution in [0, 0.1) is 0 Å². The number of halogens is 1. The molecule has 4 rings (SSSR count). The summed E-state index contributed by atoms with van der Waals surface area (Å²) < 4.78 is 34.7. The van der Waals surface area contributed by atoms with E-state index in [1.165, 1.54) is 11.3 Å². The van der Waals surface area contributed by atoms with Gasteiger partial charge < -0.3 is 9.64 Å². The van der Waals surface area contributed by atoms with Gasteiger partial charge in [-0.25, -0.2) is 13.4 Å². The van der Waals surface area contributed by atoms with Gasteiger partial charge in [0, 0.05) is 31.2 Å². The number of benzene rings is 2. The van der Waals surface area contributed by atoms with E-state index >= 15 is 0 Å². The van der Waals surface area contributed by atoms with Crippen LogP contribution in [0.15, 0.2) is 47.4 Å². The first kappa shape index (κ1) is 31.3. The van der Waals surface area contributed by atoms with E-state index in [0.717, 1.165) is 54.7 Å². The molecule has 0 bridgehead atoms. The molecule has 0 aliphatic carbocycles. The van der Waals surface area contributed by atoms with E-state index in [0.29, 0.717) is 30.3 Å². The molecule has 11 heteroatoms. The van der Waals surface area contributed by atoms with Gasteiger partial charge in [-0.3, -0.25) is 9.69 Å². The van der Waals surface area contributed by atoms with Crippen molar-refractivity contribution in [3.05, 3.63) is 48.0 Å². The zero-order valence-electron chi connectivity index (χ0n) is 23.1. The standard InChI is InChI=1S/C28H38N4O4S2.ClH/c1-5-22-10-8-9-17-32(22)38(34,35)24-14-11-21(12-15-24)27(33)31(19-18-30(6-2)7-3)28-29-25-16-13-23(36-4)20-26(25)37-28;/h11-16,20,22H,5-10,17-19H2,1-4H3;1H. The van der Waals surface area contributed by atoms with Crippen molar-refractivity contribution in [3.63, 3.8) is 0 Å². The van der Waals surface area contributed by atoms with Crippen LogP contribution in [0.4, 0.5) is 5.13 Å². The van der Waals surface area contributed by atoms with E-state index in [-0.39, 0.29) is 29.3 Å². The fourth-order valence-corrected chi connectivity index (χ4v) is 7.75. The predicted molar refractivity (Wildman–Crippen MR) is 161 cm³/mol. The summed E-state index contributed by atoms with van der Waals surface area (Å²) in [6.07, 6.45) is 3.62. The zero-order valence-corrected chi connectivity index (χ0v) is 25.6. The molecule has 1 amide bonds. The minimum Gasteiger partial charge on any atom is -0.497 e. The van der Waals surface area contributed by atoms with Crippen LogP contribution in [-0.4, -0.2) is 74.4 Å². The molecule has 0 saturated carbocycles. The Hall–Kier alpha value is -2.24. The van der Waals surface area contributed by atoms with Gasteiger partial charge in [0.05, 0.1) is 22.2 Å².